The molecule has 1 amide bonds. The quantitative estimate of drug-likeness (QED) is 0.764. The standard InChI is InChI=1S/C23H21F3N2O3/c24-23(25,26)18-9-16(13-27)8-17(10-18)22(30)11-19-6-7-20(12-22)28(19)21(29)31-14-15-4-2-1-3-5-15/h1-5,8-10,19-20,30H,6-7,11-12,14H2. The van der Waals surface area contributed by atoms with Gasteiger partial charge in [-0.2, -0.15) is 18.4 Å². The molecule has 31 heavy (non-hydrogen) atoms. The Bertz CT molecular complexity index is 1000. The van der Waals surface area contributed by atoms with Gasteiger partial charge in [-0.3, -0.25) is 0 Å². The summed E-state index contributed by atoms with van der Waals surface area (Å²) in [6.45, 7) is 0.124. The van der Waals surface area contributed by atoms with Crippen molar-refractivity contribution < 1.29 is 27.8 Å². The maximum atomic E-state index is 13.3. The molecule has 0 spiro atoms. The SMILES string of the molecule is N#Cc1cc(C(F)(F)F)cc(C2(O)CC3CCC(C2)N3C(=O)OCc2ccccc2)c1. The van der Waals surface area contributed by atoms with Crippen molar-refractivity contribution in [2.24, 2.45) is 0 Å². The van der Waals surface area contributed by atoms with Crippen LogP contribution in [0.4, 0.5) is 18.0 Å². The van der Waals surface area contributed by atoms with E-state index in [1.807, 2.05) is 30.3 Å². The molecule has 5 nitrogen and oxygen atoms in total. The molecule has 162 valence electrons. The van der Waals surface area contributed by atoms with E-state index in [0.717, 1.165) is 17.7 Å². The van der Waals surface area contributed by atoms with Gasteiger partial charge in [0.15, 0.2) is 0 Å². The molecule has 0 radical (unpaired) electrons. The summed E-state index contributed by atoms with van der Waals surface area (Å²) in [6, 6.07) is 13.3. The Balaban J connectivity index is 1.53. The lowest BCUT2D eigenvalue weighted by molar-refractivity contribution is -0.137. The highest BCUT2D eigenvalue weighted by atomic mass is 19.4. The van der Waals surface area contributed by atoms with Crippen LogP contribution in [0.15, 0.2) is 48.5 Å². The Morgan fingerprint density at radius 2 is 1.81 bits per heavy atom. The number of halogens is 3. The summed E-state index contributed by atoms with van der Waals surface area (Å²) in [5.41, 5.74) is -1.75. The first kappa shape index (κ1) is 21.2. The molecule has 2 aliphatic rings. The van der Waals surface area contributed by atoms with Crippen LogP contribution in [0.2, 0.25) is 0 Å². The molecule has 2 aromatic carbocycles. The van der Waals surface area contributed by atoms with E-state index in [9.17, 15) is 23.1 Å². The third kappa shape index (κ3) is 4.23. The maximum Gasteiger partial charge on any atom is 0.416 e. The summed E-state index contributed by atoms with van der Waals surface area (Å²) in [5, 5.41) is 20.4. The van der Waals surface area contributed by atoms with Crippen molar-refractivity contribution >= 4 is 6.09 Å². The van der Waals surface area contributed by atoms with Gasteiger partial charge in [0, 0.05) is 24.9 Å². The van der Waals surface area contributed by atoms with Crippen molar-refractivity contribution in [3.63, 3.8) is 0 Å². The predicted octanol–water partition coefficient (Wildman–Crippen LogP) is 4.73. The zero-order chi connectivity index (χ0) is 22.2. The van der Waals surface area contributed by atoms with Crippen molar-refractivity contribution in [1.82, 2.24) is 4.90 Å². The van der Waals surface area contributed by atoms with Crippen LogP contribution in [-0.2, 0) is 23.1 Å². The van der Waals surface area contributed by atoms with Crippen LogP contribution < -0.4 is 0 Å². The highest BCUT2D eigenvalue weighted by molar-refractivity contribution is 5.69. The van der Waals surface area contributed by atoms with E-state index in [0.29, 0.717) is 12.8 Å². The first-order chi connectivity index (χ1) is 14.7. The molecule has 2 atom stereocenters. The second-order valence-corrected chi connectivity index (χ2v) is 8.18. The lowest BCUT2D eigenvalue weighted by Crippen LogP contribution is -2.52. The third-order valence-electron chi connectivity index (χ3n) is 6.11. The molecule has 8 heteroatoms. The first-order valence-electron chi connectivity index (χ1n) is 10.0. The zero-order valence-corrected chi connectivity index (χ0v) is 16.6. The molecule has 2 aromatic rings. The lowest BCUT2D eigenvalue weighted by atomic mass is 9.79. The molecule has 2 aliphatic heterocycles. The first-order valence-corrected chi connectivity index (χ1v) is 10.0. The Hall–Kier alpha value is -3.05. The Morgan fingerprint density at radius 3 is 2.39 bits per heavy atom. The van der Waals surface area contributed by atoms with Crippen molar-refractivity contribution in [1.29, 1.82) is 5.26 Å². The van der Waals surface area contributed by atoms with Crippen molar-refractivity contribution in [2.45, 2.75) is 56.2 Å². The monoisotopic (exact) mass is 430 g/mol. The Morgan fingerprint density at radius 1 is 1.16 bits per heavy atom. The van der Waals surface area contributed by atoms with E-state index in [4.69, 9.17) is 10.00 Å². The number of ether oxygens (including phenoxy) is 1. The number of hydrogen-bond acceptors (Lipinski definition) is 4. The molecule has 2 bridgehead atoms. The van der Waals surface area contributed by atoms with Gasteiger partial charge in [0.05, 0.1) is 22.8 Å². The van der Waals surface area contributed by atoms with Gasteiger partial charge in [-0.05, 0) is 42.2 Å². The molecular weight excluding hydrogens is 409 g/mol. The summed E-state index contributed by atoms with van der Waals surface area (Å²) >= 11 is 0. The summed E-state index contributed by atoms with van der Waals surface area (Å²) in [4.78, 5) is 14.3. The van der Waals surface area contributed by atoms with Gasteiger partial charge in [-0.1, -0.05) is 30.3 Å². The van der Waals surface area contributed by atoms with E-state index >= 15 is 0 Å². The normalized spacial score (nSPS) is 25.2. The number of carbonyl (C=O) groups is 1. The van der Waals surface area contributed by atoms with E-state index in [1.165, 1.54) is 6.07 Å². The number of aliphatic hydroxyl groups is 1. The predicted molar refractivity (Wildman–Crippen MR) is 105 cm³/mol. The zero-order valence-electron chi connectivity index (χ0n) is 16.6. The van der Waals surface area contributed by atoms with Gasteiger partial charge in [0.25, 0.3) is 0 Å². The third-order valence-corrected chi connectivity index (χ3v) is 6.11. The van der Waals surface area contributed by atoms with Crippen LogP contribution in [0.25, 0.3) is 0 Å². The fourth-order valence-electron chi connectivity index (χ4n) is 4.68. The lowest BCUT2D eigenvalue weighted by Gasteiger charge is -2.43. The number of piperidine rings is 1. The molecule has 4 rings (SSSR count). The van der Waals surface area contributed by atoms with Crippen LogP contribution in [-0.4, -0.2) is 28.2 Å². The molecule has 0 aliphatic carbocycles. The second kappa shape index (κ2) is 7.89. The van der Waals surface area contributed by atoms with Crippen molar-refractivity contribution in [3.05, 3.63) is 70.8 Å². The average Bonchev–Trinajstić information content (AvgIpc) is 3.03. The summed E-state index contributed by atoms with van der Waals surface area (Å²) in [6.07, 6.45) is -3.65. The minimum atomic E-state index is -4.63. The van der Waals surface area contributed by atoms with Crippen LogP contribution in [0.1, 0.15) is 47.9 Å². The molecule has 2 saturated heterocycles. The highest BCUT2D eigenvalue weighted by Crippen LogP contribution is 2.47. The number of amides is 1. The minimum Gasteiger partial charge on any atom is -0.445 e. The molecule has 2 heterocycles. The van der Waals surface area contributed by atoms with Gasteiger partial charge < -0.3 is 14.7 Å². The topological polar surface area (TPSA) is 73.6 Å². The van der Waals surface area contributed by atoms with E-state index in [2.05, 4.69) is 0 Å². The van der Waals surface area contributed by atoms with Crippen LogP contribution >= 0.6 is 0 Å². The van der Waals surface area contributed by atoms with Gasteiger partial charge in [-0.15, -0.1) is 0 Å². The summed E-state index contributed by atoms with van der Waals surface area (Å²) in [5.74, 6) is 0. The summed E-state index contributed by atoms with van der Waals surface area (Å²) in [7, 11) is 0. The van der Waals surface area contributed by atoms with Gasteiger partial charge >= 0.3 is 12.3 Å². The van der Waals surface area contributed by atoms with Gasteiger partial charge in [0.2, 0.25) is 0 Å². The second-order valence-electron chi connectivity index (χ2n) is 8.18. The fraction of sp³-hybridized carbons (Fsp3) is 0.391. The van der Waals surface area contributed by atoms with Crippen LogP contribution in [0, 0.1) is 11.3 Å². The largest absolute Gasteiger partial charge is 0.445 e. The number of carbonyl (C=O) groups excluding carboxylic acids is 1. The average molecular weight is 430 g/mol. The maximum absolute atomic E-state index is 13.3. The van der Waals surface area contributed by atoms with Crippen LogP contribution in [0.3, 0.4) is 0 Å². The smallest absolute Gasteiger partial charge is 0.416 e. The molecular formula is C23H21F3N2O3. The van der Waals surface area contributed by atoms with Gasteiger partial charge in [-0.25, -0.2) is 4.79 Å². The molecule has 1 N–H and O–H groups in total. The van der Waals surface area contributed by atoms with E-state index < -0.39 is 23.4 Å². The minimum absolute atomic E-state index is 0.0630. The van der Waals surface area contributed by atoms with Crippen molar-refractivity contribution in [3.8, 4) is 6.07 Å². The number of hydrogen-bond donors (Lipinski definition) is 1. The Kier molecular flexibility index (Phi) is 5.40. The number of benzene rings is 2. The number of alkyl halides is 3. The number of nitrogens with zero attached hydrogens (tertiary/aromatic N) is 2. The fourth-order valence-corrected chi connectivity index (χ4v) is 4.68. The Labute approximate surface area is 177 Å². The molecule has 0 aromatic heterocycles. The van der Waals surface area contributed by atoms with E-state index in [1.54, 1.807) is 11.0 Å². The van der Waals surface area contributed by atoms with Crippen LogP contribution in [0.5, 0.6) is 0 Å². The number of nitriles is 1. The molecule has 2 fully saturated rings. The van der Waals surface area contributed by atoms with Crippen molar-refractivity contribution in [2.75, 3.05) is 0 Å². The summed E-state index contributed by atoms with van der Waals surface area (Å²) < 4.78 is 45.3. The molecule has 0 saturated carbocycles. The van der Waals surface area contributed by atoms with Gasteiger partial charge in [0.1, 0.15) is 6.61 Å². The highest BCUT2D eigenvalue weighted by Gasteiger charge is 2.51. The number of fused-ring (bicyclic) bond motifs is 2. The number of rotatable bonds is 3. The van der Waals surface area contributed by atoms with E-state index in [-0.39, 0.29) is 42.7 Å². The molecule has 2 unspecified atom stereocenters.